The van der Waals surface area contributed by atoms with Gasteiger partial charge in [0.2, 0.25) is 0 Å². The van der Waals surface area contributed by atoms with Crippen molar-refractivity contribution in [2.75, 3.05) is 0 Å². The van der Waals surface area contributed by atoms with Crippen LogP contribution in [0.4, 0.5) is 0 Å². The van der Waals surface area contributed by atoms with Crippen molar-refractivity contribution in [3.63, 3.8) is 0 Å². The van der Waals surface area contributed by atoms with E-state index in [-0.39, 0.29) is 24.8 Å². The van der Waals surface area contributed by atoms with Crippen molar-refractivity contribution in [2.45, 2.75) is 55.2 Å². The Morgan fingerprint density at radius 3 is 1.80 bits per heavy atom. The summed E-state index contributed by atoms with van der Waals surface area (Å²) in [6, 6.07) is 25.1. The van der Waals surface area contributed by atoms with Gasteiger partial charge < -0.3 is 24.8 Å². The van der Waals surface area contributed by atoms with Gasteiger partial charge in [-0.15, -0.1) is 0 Å². The summed E-state index contributed by atoms with van der Waals surface area (Å²) in [6.45, 7) is 14.7. The van der Waals surface area contributed by atoms with Gasteiger partial charge in [0.25, 0.3) is 0 Å². The Bertz CT molecular complexity index is 1330. The standard InChI is InChI=1S/C16H13.C13H15.C2H6Si.2ClH.Ti/c1-12-10-14-8-5-9-15(16(14)11-12)13-6-3-2-4-7-13;1-9(2)12-6-4-5-11-7-10(3)8-13(11)12;1-3-2;;;/h2-11H,1H3;4-9H,1-3H3;1-2H3;2*1H;/q;;;;;+2/p-2. The summed E-state index contributed by atoms with van der Waals surface area (Å²) in [4.78, 5) is 0. The minimum Gasteiger partial charge on any atom is -1.00 e. The largest absolute Gasteiger partial charge is 1.00 e. The van der Waals surface area contributed by atoms with Crippen LogP contribution in [0.2, 0.25) is 13.1 Å². The summed E-state index contributed by atoms with van der Waals surface area (Å²) in [5.74, 6) is 0.571. The first-order valence-corrected chi connectivity index (χ1v) is 18.9. The maximum Gasteiger partial charge on any atom is -1.00 e. The van der Waals surface area contributed by atoms with Gasteiger partial charge in [0.15, 0.2) is 0 Å². The maximum atomic E-state index is 2.60. The number of fused-ring (bicyclic) bond motifs is 2. The zero-order valence-electron chi connectivity index (χ0n) is 21.5. The molecule has 0 spiro atoms. The molecule has 0 nitrogen and oxygen atoms in total. The van der Waals surface area contributed by atoms with E-state index in [0.29, 0.717) is 14.4 Å². The van der Waals surface area contributed by atoms with Crippen LogP contribution in [-0.4, -0.2) is 6.19 Å². The molecule has 0 bridgehead atoms. The summed E-state index contributed by atoms with van der Waals surface area (Å²) in [6.07, 6.45) is 4.66. The van der Waals surface area contributed by atoms with Crippen LogP contribution in [0.5, 0.6) is 0 Å². The molecule has 5 rings (SSSR count). The van der Waals surface area contributed by atoms with Gasteiger partial charge in [-0.3, -0.25) is 0 Å². The monoisotopic (exact) mass is 552 g/mol. The van der Waals surface area contributed by atoms with E-state index in [9.17, 15) is 0 Å². The van der Waals surface area contributed by atoms with Crippen molar-refractivity contribution in [3.8, 4) is 11.1 Å². The molecule has 4 heteroatoms. The molecular weight excluding hydrogens is 519 g/mol. The van der Waals surface area contributed by atoms with Gasteiger partial charge in [-0.2, -0.15) is 0 Å². The predicted octanol–water partition coefficient (Wildman–Crippen LogP) is 2.97. The van der Waals surface area contributed by atoms with Crippen LogP contribution < -0.4 is 24.8 Å². The van der Waals surface area contributed by atoms with Gasteiger partial charge >= 0.3 is 207 Å². The average Bonchev–Trinajstić information content (AvgIpc) is 3.30. The van der Waals surface area contributed by atoms with Gasteiger partial charge in [0, 0.05) is 0 Å². The molecule has 0 aromatic heterocycles. The second-order valence-electron chi connectivity index (χ2n) is 10.3. The van der Waals surface area contributed by atoms with E-state index < -0.39 is 22.8 Å². The molecule has 3 aromatic rings. The van der Waals surface area contributed by atoms with Crippen LogP contribution >= 0.6 is 0 Å². The van der Waals surface area contributed by atoms with Crippen molar-refractivity contribution < 1.29 is 41.4 Å². The molecule has 35 heavy (non-hydrogen) atoms. The minimum atomic E-state index is -1.57. The number of allylic oxidation sites excluding steroid dienone is 2. The molecule has 0 amide bonds. The van der Waals surface area contributed by atoms with E-state index in [1.807, 2.05) is 0 Å². The molecule has 0 saturated heterocycles. The van der Waals surface area contributed by atoms with Crippen LogP contribution in [0.3, 0.4) is 0 Å². The molecule has 2 atom stereocenters. The molecule has 180 valence electrons. The first kappa shape index (κ1) is 28.2. The molecule has 3 aromatic carbocycles. The molecule has 2 aliphatic carbocycles. The Kier molecular flexibility index (Phi) is 9.16. The summed E-state index contributed by atoms with van der Waals surface area (Å²) in [5, 5.41) is 0. The quantitative estimate of drug-likeness (QED) is 0.436. The molecule has 0 heterocycles. The maximum absolute atomic E-state index is 2.60. The Hall–Kier alpha value is -1.35. The van der Waals surface area contributed by atoms with E-state index in [1.165, 1.54) is 22.3 Å². The molecule has 0 aliphatic heterocycles. The molecular formula is C31H34Cl2SiTi. The topological polar surface area (TPSA) is 0 Å². The van der Waals surface area contributed by atoms with Gasteiger partial charge in [-0.25, -0.2) is 0 Å². The predicted molar refractivity (Wildman–Crippen MR) is 143 cm³/mol. The summed E-state index contributed by atoms with van der Waals surface area (Å²) in [7, 11) is 0. The Balaban J connectivity index is 0.00000171. The molecule has 2 unspecified atom stereocenters. The summed E-state index contributed by atoms with van der Waals surface area (Å²) < 4.78 is 1.34. The van der Waals surface area contributed by atoms with Crippen molar-refractivity contribution in [3.05, 3.63) is 106 Å². The van der Waals surface area contributed by atoms with Gasteiger partial charge in [-0.05, 0) is 0 Å². The Morgan fingerprint density at radius 1 is 0.686 bits per heavy atom. The fourth-order valence-electron chi connectivity index (χ4n) is 6.07. The third kappa shape index (κ3) is 4.96. The Labute approximate surface area is 230 Å². The molecule has 0 saturated carbocycles. The van der Waals surface area contributed by atoms with Crippen molar-refractivity contribution in [1.82, 2.24) is 0 Å². The van der Waals surface area contributed by atoms with Crippen molar-refractivity contribution in [2.24, 2.45) is 0 Å². The zero-order chi connectivity index (χ0) is 23.3. The third-order valence-electron chi connectivity index (χ3n) is 7.50. The second kappa shape index (κ2) is 11.4. The van der Waals surface area contributed by atoms with Crippen LogP contribution in [0.25, 0.3) is 23.3 Å². The molecule has 0 fully saturated rings. The normalized spacial score (nSPS) is 17.3. The van der Waals surface area contributed by atoms with Crippen LogP contribution in [0.1, 0.15) is 69.9 Å². The van der Waals surface area contributed by atoms with E-state index in [4.69, 9.17) is 0 Å². The van der Waals surface area contributed by atoms with Crippen molar-refractivity contribution in [1.29, 1.82) is 0 Å². The van der Waals surface area contributed by atoms with Crippen molar-refractivity contribution >= 4 is 18.3 Å². The second-order valence-corrected chi connectivity index (χ2v) is 22.6. The first-order chi connectivity index (χ1) is 15.9. The first-order valence-electron chi connectivity index (χ1n) is 12.2. The number of rotatable bonds is 4. The van der Waals surface area contributed by atoms with E-state index in [2.05, 4.69) is 120 Å². The van der Waals surface area contributed by atoms with Crippen LogP contribution in [-0.2, 0) is 16.6 Å². The number of benzene rings is 3. The molecule has 0 N–H and O–H groups in total. The smallest absolute Gasteiger partial charge is 1.00 e. The van der Waals surface area contributed by atoms with Gasteiger partial charge in [0.05, 0.1) is 0 Å². The SMILES string of the molecule is CC1=Cc2c(-c3ccccc3)cccc2[CH]1[Ti+2]([CH]1C(C)=Cc2c(C(C)C)cccc21)=[Si](C)C.[Cl-].[Cl-]. The van der Waals surface area contributed by atoms with E-state index in [1.54, 1.807) is 27.8 Å². The van der Waals surface area contributed by atoms with E-state index in [0.717, 1.165) is 0 Å². The Morgan fingerprint density at radius 2 is 1.23 bits per heavy atom. The minimum absolute atomic E-state index is 0. The fourth-order valence-corrected chi connectivity index (χ4v) is 19.9. The number of hydrogen-bond acceptors (Lipinski definition) is 0. The van der Waals surface area contributed by atoms with Crippen LogP contribution in [0.15, 0.2) is 77.9 Å². The van der Waals surface area contributed by atoms with Gasteiger partial charge in [-0.1, -0.05) is 0 Å². The summed E-state index contributed by atoms with van der Waals surface area (Å²) >= 11 is -1.57. The summed E-state index contributed by atoms with van der Waals surface area (Å²) in [5.41, 5.74) is 13.8. The fraction of sp³-hybridized carbons (Fsp3) is 0.290. The third-order valence-corrected chi connectivity index (χ3v) is 20.8. The molecule has 2 aliphatic rings. The number of halogens is 2. The van der Waals surface area contributed by atoms with Gasteiger partial charge in [0.1, 0.15) is 0 Å². The zero-order valence-corrected chi connectivity index (χ0v) is 25.6. The van der Waals surface area contributed by atoms with E-state index >= 15 is 0 Å². The van der Waals surface area contributed by atoms with Crippen LogP contribution in [0, 0.1) is 0 Å². The average molecular weight is 553 g/mol. The molecule has 0 radical (unpaired) electrons. The number of hydrogen-bond donors (Lipinski definition) is 0.